The summed E-state index contributed by atoms with van der Waals surface area (Å²) in [6.07, 6.45) is 0. The molecule has 296 valence electrons. The van der Waals surface area contributed by atoms with Crippen LogP contribution in [-0.2, 0) is 5.41 Å². The highest BCUT2D eigenvalue weighted by Crippen LogP contribution is 2.62. The molecule has 12 rings (SSSR count). The van der Waals surface area contributed by atoms with Gasteiger partial charge in [-0.3, -0.25) is 0 Å². The van der Waals surface area contributed by atoms with Gasteiger partial charge in [-0.1, -0.05) is 200 Å². The van der Waals surface area contributed by atoms with Crippen LogP contribution in [0.3, 0.4) is 0 Å². The predicted molar refractivity (Wildman–Crippen MR) is 260 cm³/mol. The molecule has 0 aromatic heterocycles. The summed E-state index contributed by atoms with van der Waals surface area (Å²) in [6.45, 7) is 0. The number of rotatable bonds is 7. The first-order valence-corrected chi connectivity index (χ1v) is 21.7. The van der Waals surface area contributed by atoms with E-state index in [0.29, 0.717) is 0 Å². The molecule has 0 bridgehead atoms. The Morgan fingerprint density at radius 1 is 0.254 bits per heavy atom. The molecule has 2 heteroatoms. The lowest BCUT2D eigenvalue weighted by Crippen LogP contribution is -2.32. The van der Waals surface area contributed by atoms with Gasteiger partial charge in [-0.25, -0.2) is 0 Å². The molecule has 2 aliphatic rings. The van der Waals surface area contributed by atoms with Crippen LogP contribution < -0.4 is 9.64 Å². The Morgan fingerprint density at radius 2 is 0.619 bits per heavy atom. The smallest absolute Gasteiger partial charge is 0.132 e. The van der Waals surface area contributed by atoms with Crippen molar-refractivity contribution in [1.29, 1.82) is 0 Å². The minimum atomic E-state index is -0.477. The van der Waals surface area contributed by atoms with Crippen LogP contribution in [-0.4, -0.2) is 0 Å². The fourth-order valence-corrected chi connectivity index (χ4v) is 10.1. The number of anilines is 3. The highest BCUT2D eigenvalue weighted by Gasteiger charge is 2.50. The van der Waals surface area contributed by atoms with Crippen molar-refractivity contribution in [2.24, 2.45) is 0 Å². The van der Waals surface area contributed by atoms with Gasteiger partial charge < -0.3 is 9.64 Å². The van der Waals surface area contributed by atoms with Gasteiger partial charge in [0.05, 0.1) is 5.41 Å². The average Bonchev–Trinajstić information content (AvgIpc) is 3.65. The molecular weight excluding hydrogens is 763 g/mol. The van der Waals surface area contributed by atoms with Crippen LogP contribution in [0.25, 0.3) is 55.6 Å². The van der Waals surface area contributed by atoms with Crippen molar-refractivity contribution in [2.45, 2.75) is 5.41 Å². The van der Waals surface area contributed by atoms with Crippen molar-refractivity contribution in [3.8, 4) is 67.1 Å². The summed E-state index contributed by atoms with van der Waals surface area (Å²) in [4.78, 5) is 2.34. The standard InChI is InChI=1S/C61H41NO/c1-3-15-42(16-4-1)43-27-34-48(35-28-43)62(50-38-31-46(32-39-50)52-20-8-7-19-51(52)45-17-5-2-6-18-45)49-36-29-44(30-37-49)47-33-40-58-60(41-47)63-59-26-14-13-25-57(59)61(58)55-23-11-9-21-53(55)54-22-10-12-24-56(54)61/h1-41H. The zero-order valence-electron chi connectivity index (χ0n) is 34.5. The van der Waals surface area contributed by atoms with E-state index in [1.54, 1.807) is 0 Å². The highest BCUT2D eigenvalue weighted by molar-refractivity contribution is 5.90. The van der Waals surface area contributed by atoms with Gasteiger partial charge >= 0.3 is 0 Å². The van der Waals surface area contributed by atoms with E-state index in [-0.39, 0.29) is 0 Å². The van der Waals surface area contributed by atoms with E-state index < -0.39 is 5.41 Å². The molecule has 0 fully saturated rings. The van der Waals surface area contributed by atoms with Gasteiger partial charge in [0.15, 0.2) is 0 Å². The molecule has 1 aliphatic heterocycles. The molecule has 1 heterocycles. The van der Waals surface area contributed by atoms with Crippen LogP contribution in [0.15, 0.2) is 249 Å². The molecule has 2 nitrogen and oxygen atoms in total. The number of para-hydroxylation sites is 1. The molecule has 10 aromatic rings. The van der Waals surface area contributed by atoms with Gasteiger partial charge in [-0.2, -0.15) is 0 Å². The minimum Gasteiger partial charge on any atom is -0.457 e. The predicted octanol–water partition coefficient (Wildman–Crippen LogP) is 16.3. The summed E-state index contributed by atoms with van der Waals surface area (Å²) in [5.74, 6) is 1.78. The largest absolute Gasteiger partial charge is 0.457 e. The molecule has 0 N–H and O–H groups in total. The molecular formula is C61H41NO. The van der Waals surface area contributed by atoms with E-state index in [2.05, 4.69) is 254 Å². The first-order chi connectivity index (χ1) is 31.2. The van der Waals surface area contributed by atoms with E-state index in [1.165, 1.54) is 66.8 Å². The molecule has 63 heavy (non-hydrogen) atoms. The SMILES string of the molecule is c1ccc(-c2ccc(N(c3ccc(-c4ccc5c(c4)Oc4ccccc4C54c5ccccc5-c5ccccc54)cc3)c3ccc(-c4ccccc4-c4ccccc4)cc3)cc2)cc1. The summed E-state index contributed by atoms with van der Waals surface area (Å²) < 4.78 is 6.84. The second-order valence-corrected chi connectivity index (χ2v) is 16.4. The lowest BCUT2D eigenvalue weighted by atomic mass is 9.66. The maximum atomic E-state index is 6.84. The molecule has 0 saturated heterocycles. The summed E-state index contributed by atoms with van der Waals surface area (Å²) in [5.41, 5.74) is 19.7. The van der Waals surface area contributed by atoms with Gasteiger partial charge in [0, 0.05) is 28.2 Å². The van der Waals surface area contributed by atoms with Crippen molar-refractivity contribution >= 4 is 17.1 Å². The summed E-state index contributed by atoms with van der Waals surface area (Å²) in [6, 6.07) is 89.8. The van der Waals surface area contributed by atoms with Crippen LogP contribution in [0.4, 0.5) is 17.1 Å². The van der Waals surface area contributed by atoms with E-state index >= 15 is 0 Å². The molecule has 10 aromatic carbocycles. The normalized spacial score (nSPS) is 12.7. The van der Waals surface area contributed by atoms with Crippen LogP contribution in [0.1, 0.15) is 22.3 Å². The third kappa shape index (κ3) is 6.02. The van der Waals surface area contributed by atoms with Gasteiger partial charge in [-0.15, -0.1) is 0 Å². The zero-order valence-corrected chi connectivity index (χ0v) is 34.5. The molecule has 0 saturated carbocycles. The van der Waals surface area contributed by atoms with E-state index in [1.807, 2.05) is 0 Å². The van der Waals surface area contributed by atoms with Gasteiger partial charge in [0.1, 0.15) is 11.5 Å². The second-order valence-electron chi connectivity index (χ2n) is 16.4. The minimum absolute atomic E-state index is 0.477. The lowest BCUT2D eigenvalue weighted by molar-refractivity contribution is 0.436. The van der Waals surface area contributed by atoms with Crippen LogP contribution in [0.5, 0.6) is 11.5 Å². The van der Waals surface area contributed by atoms with E-state index in [0.717, 1.165) is 39.7 Å². The van der Waals surface area contributed by atoms with Crippen molar-refractivity contribution < 1.29 is 4.74 Å². The monoisotopic (exact) mass is 803 g/mol. The number of fused-ring (bicyclic) bond motifs is 9. The number of ether oxygens (including phenoxy) is 1. The van der Waals surface area contributed by atoms with Crippen molar-refractivity contribution in [3.63, 3.8) is 0 Å². The molecule has 0 atom stereocenters. The average molecular weight is 804 g/mol. The van der Waals surface area contributed by atoms with Crippen LogP contribution in [0.2, 0.25) is 0 Å². The second kappa shape index (κ2) is 15.1. The van der Waals surface area contributed by atoms with Crippen LogP contribution >= 0.6 is 0 Å². The van der Waals surface area contributed by atoms with E-state index in [4.69, 9.17) is 4.74 Å². The van der Waals surface area contributed by atoms with E-state index in [9.17, 15) is 0 Å². The summed E-state index contributed by atoms with van der Waals surface area (Å²) in [7, 11) is 0. The number of hydrogen-bond donors (Lipinski definition) is 0. The maximum Gasteiger partial charge on any atom is 0.132 e. The van der Waals surface area contributed by atoms with Gasteiger partial charge in [-0.05, 0) is 115 Å². The first-order valence-electron chi connectivity index (χ1n) is 21.7. The Labute approximate surface area is 368 Å². The Kier molecular flexibility index (Phi) is 8.76. The quantitative estimate of drug-likeness (QED) is 0.159. The molecule has 0 amide bonds. The fourth-order valence-electron chi connectivity index (χ4n) is 10.1. The zero-order chi connectivity index (χ0) is 41.7. The molecule has 0 unspecified atom stereocenters. The highest BCUT2D eigenvalue weighted by atomic mass is 16.5. The Balaban J connectivity index is 0.931. The maximum absolute atomic E-state index is 6.84. The van der Waals surface area contributed by atoms with Gasteiger partial charge in [0.25, 0.3) is 0 Å². The Bertz CT molecular complexity index is 3230. The summed E-state index contributed by atoms with van der Waals surface area (Å²) >= 11 is 0. The third-order valence-corrected chi connectivity index (χ3v) is 13.0. The van der Waals surface area contributed by atoms with Crippen molar-refractivity contribution in [2.75, 3.05) is 4.90 Å². The van der Waals surface area contributed by atoms with Crippen molar-refractivity contribution in [3.05, 3.63) is 271 Å². The van der Waals surface area contributed by atoms with Crippen LogP contribution in [0, 0.1) is 0 Å². The Hall–Kier alpha value is -8.20. The first kappa shape index (κ1) is 36.6. The van der Waals surface area contributed by atoms with Crippen molar-refractivity contribution in [1.82, 2.24) is 0 Å². The molecule has 1 spiro atoms. The third-order valence-electron chi connectivity index (χ3n) is 13.0. The Morgan fingerprint density at radius 3 is 1.17 bits per heavy atom. The fraction of sp³-hybridized carbons (Fsp3) is 0.0164. The molecule has 1 aliphatic carbocycles. The summed E-state index contributed by atoms with van der Waals surface area (Å²) in [5, 5.41) is 0. The number of nitrogens with zero attached hydrogens (tertiary/aromatic N) is 1. The lowest BCUT2D eigenvalue weighted by Gasteiger charge is -2.39. The van der Waals surface area contributed by atoms with Gasteiger partial charge in [0.2, 0.25) is 0 Å². The topological polar surface area (TPSA) is 12.5 Å². The molecule has 0 radical (unpaired) electrons. The number of benzene rings is 10. The number of hydrogen-bond acceptors (Lipinski definition) is 2.